The average molecular weight is 256 g/mol. The standard InChI is InChI=1S/C12H20N2O4/c1-7-3-9(4-8(2)17-7)18-12(16)10-5-14-11(15)6-13-10/h7-10,13H,3-6H2,1-2H3,(H,14,15). The molecule has 0 bridgehead atoms. The number of amides is 1. The average Bonchev–Trinajstić information content (AvgIpc) is 2.28. The van der Waals surface area contributed by atoms with Crippen molar-refractivity contribution in [3.05, 3.63) is 0 Å². The summed E-state index contributed by atoms with van der Waals surface area (Å²) < 4.78 is 11.1. The molecule has 1 amide bonds. The van der Waals surface area contributed by atoms with E-state index < -0.39 is 6.04 Å². The molecule has 2 heterocycles. The number of carbonyl (C=O) groups is 2. The summed E-state index contributed by atoms with van der Waals surface area (Å²) in [6.07, 6.45) is 1.61. The van der Waals surface area contributed by atoms with Crippen molar-refractivity contribution in [3.8, 4) is 0 Å². The molecule has 6 nitrogen and oxygen atoms in total. The molecule has 0 spiro atoms. The van der Waals surface area contributed by atoms with Crippen LogP contribution >= 0.6 is 0 Å². The highest BCUT2D eigenvalue weighted by molar-refractivity contribution is 5.83. The van der Waals surface area contributed by atoms with Crippen molar-refractivity contribution in [1.29, 1.82) is 0 Å². The minimum absolute atomic E-state index is 0.0873. The summed E-state index contributed by atoms with van der Waals surface area (Å²) in [5.41, 5.74) is 0. The summed E-state index contributed by atoms with van der Waals surface area (Å²) in [6, 6.07) is -0.434. The Labute approximate surface area is 106 Å². The number of hydrogen-bond donors (Lipinski definition) is 2. The molecule has 0 aromatic rings. The topological polar surface area (TPSA) is 76.7 Å². The van der Waals surface area contributed by atoms with E-state index in [-0.39, 0.29) is 36.7 Å². The maximum absolute atomic E-state index is 11.9. The first kappa shape index (κ1) is 13.3. The van der Waals surface area contributed by atoms with Crippen LogP contribution in [-0.4, -0.2) is 49.3 Å². The molecule has 0 aromatic heterocycles. The maximum Gasteiger partial charge on any atom is 0.325 e. The van der Waals surface area contributed by atoms with E-state index in [0.29, 0.717) is 6.54 Å². The van der Waals surface area contributed by atoms with Crippen molar-refractivity contribution in [1.82, 2.24) is 10.6 Å². The number of carbonyl (C=O) groups excluding carboxylic acids is 2. The van der Waals surface area contributed by atoms with Gasteiger partial charge in [-0.2, -0.15) is 0 Å². The molecule has 102 valence electrons. The summed E-state index contributed by atoms with van der Waals surface area (Å²) >= 11 is 0. The van der Waals surface area contributed by atoms with E-state index in [9.17, 15) is 9.59 Å². The third-order valence-corrected chi connectivity index (χ3v) is 3.23. The second-order valence-corrected chi connectivity index (χ2v) is 5.03. The minimum Gasteiger partial charge on any atom is -0.461 e. The van der Waals surface area contributed by atoms with Gasteiger partial charge in [0.2, 0.25) is 5.91 Å². The van der Waals surface area contributed by atoms with Crippen LogP contribution in [0.2, 0.25) is 0 Å². The maximum atomic E-state index is 11.9. The highest BCUT2D eigenvalue weighted by atomic mass is 16.6. The van der Waals surface area contributed by atoms with Crippen LogP contribution in [0.5, 0.6) is 0 Å². The van der Waals surface area contributed by atoms with E-state index >= 15 is 0 Å². The number of hydrogen-bond acceptors (Lipinski definition) is 5. The van der Waals surface area contributed by atoms with E-state index in [1.165, 1.54) is 0 Å². The summed E-state index contributed by atoms with van der Waals surface area (Å²) in [4.78, 5) is 22.9. The third kappa shape index (κ3) is 3.43. The van der Waals surface area contributed by atoms with Crippen molar-refractivity contribution in [2.45, 2.75) is 51.0 Å². The molecule has 18 heavy (non-hydrogen) atoms. The lowest BCUT2D eigenvalue weighted by Crippen LogP contribution is -2.56. The Kier molecular flexibility index (Phi) is 4.19. The zero-order valence-corrected chi connectivity index (χ0v) is 10.8. The minimum atomic E-state index is -0.434. The lowest BCUT2D eigenvalue weighted by atomic mass is 10.0. The van der Waals surface area contributed by atoms with E-state index in [1.807, 2.05) is 13.8 Å². The van der Waals surface area contributed by atoms with Crippen molar-refractivity contribution in [2.24, 2.45) is 0 Å². The van der Waals surface area contributed by atoms with E-state index in [4.69, 9.17) is 9.47 Å². The monoisotopic (exact) mass is 256 g/mol. The van der Waals surface area contributed by atoms with Gasteiger partial charge in [0.1, 0.15) is 12.1 Å². The fourth-order valence-corrected chi connectivity index (χ4v) is 2.42. The van der Waals surface area contributed by atoms with Gasteiger partial charge in [-0.05, 0) is 13.8 Å². The molecular formula is C12H20N2O4. The second-order valence-electron chi connectivity index (χ2n) is 5.03. The molecule has 3 atom stereocenters. The van der Waals surface area contributed by atoms with Crippen LogP contribution in [0.3, 0.4) is 0 Å². The zero-order chi connectivity index (χ0) is 13.1. The van der Waals surface area contributed by atoms with Crippen LogP contribution in [0.4, 0.5) is 0 Å². The summed E-state index contributed by atoms with van der Waals surface area (Å²) in [5, 5.41) is 5.50. The zero-order valence-electron chi connectivity index (χ0n) is 10.8. The predicted octanol–water partition coefficient (Wildman–Crippen LogP) is -0.426. The molecule has 0 radical (unpaired) electrons. The summed E-state index contributed by atoms with van der Waals surface area (Å²) in [5.74, 6) is -0.381. The number of esters is 1. The van der Waals surface area contributed by atoms with Crippen LogP contribution in [-0.2, 0) is 19.1 Å². The predicted molar refractivity (Wildman–Crippen MR) is 63.9 cm³/mol. The Morgan fingerprint density at radius 1 is 1.33 bits per heavy atom. The quantitative estimate of drug-likeness (QED) is 0.656. The molecule has 2 aliphatic rings. The molecule has 6 heteroatoms. The van der Waals surface area contributed by atoms with Crippen LogP contribution < -0.4 is 10.6 Å². The summed E-state index contributed by atoms with van der Waals surface area (Å²) in [7, 11) is 0. The van der Waals surface area contributed by atoms with Crippen molar-refractivity contribution >= 4 is 11.9 Å². The first-order valence-electron chi connectivity index (χ1n) is 6.40. The van der Waals surface area contributed by atoms with Crippen LogP contribution in [0.25, 0.3) is 0 Å². The molecule has 2 fully saturated rings. The van der Waals surface area contributed by atoms with Crippen molar-refractivity contribution in [3.63, 3.8) is 0 Å². The highest BCUT2D eigenvalue weighted by Crippen LogP contribution is 2.21. The number of rotatable bonds is 2. The van der Waals surface area contributed by atoms with Crippen molar-refractivity contribution < 1.29 is 19.1 Å². The summed E-state index contributed by atoms with van der Waals surface area (Å²) in [6.45, 7) is 4.43. The molecule has 2 rings (SSSR count). The van der Waals surface area contributed by atoms with Gasteiger partial charge < -0.3 is 14.8 Å². The Morgan fingerprint density at radius 3 is 2.56 bits per heavy atom. The molecule has 0 aliphatic carbocycles. The first-order valence-corrected chi connectivity index (χ1v) is 6.40. The van der Waals surface area contributed by atoms with Gasteiger partial charge >= 0.3 is 5.97 Å². The van der Waals surface area contributed by atoms with Gasteiger partial charge in [0.05, 0.1) is 18.8 Å². The molecule has 2 aliphatic heterocycles. The van der Waals surface area contributed by atoms with E-state index in [0.717, 1.165) is 12.8 Å². The van der Waals surface area contributed by atoms with Gasteiger partial charge in [-0.25, -0.2) is 0 Å². The number of nitrogens with one attached hydrogen (secondary N) is 2. The van der Waals surface area contributed by atoms with Gasteiger partial charge in [0, 0.05) is 19.4 Å². The smallest absolute Gasteiger partial charge is 0.325 e. The molecule has 0 aromatic carbocycles. The van der Waals surface area contributed by atoms with Gasteiger partial charge in [-0.3, -0.25) is 14.9 Å². The molecular weight excluding hydrogens is 236 g/mol. The second kappa shape index (κ2) is 5.67. The Morgan fingerprint density at radius 2 is 2.00 bits per heavy atom. The normalized spacial score (nSPS) is 36.9. The Hall–Kier alpha value is -1.14. The molecule has 2 saturated heterocycles. The van der Waals surface area contributed by atoms with Crippen LogP contribution in [0.15, 0.2) is 0 Å². The molecule has 0 saturated carbocycles. The fourth-order valence-electron chi connectivity index (χ4n) is 2.42. The number of piperazine rings is 1. The lowest BCUT2D eigenvalue weighted by Gasteiger charge is -2.33. The first-order chi connectivity index (χ1) is 8.54. The molecule has 3 unspecified atom stereocenters. The van der Waals surface area contributed by atoms with Crippen molar-refractivity contribution in [2.75, 3.05) is 13.1 Å². The van der Waals surface area contributed by atoms with Gasteiger partial charge in [0.15, 0.2) is 0 Å². The molecule has 2 N–H and O–H groups in total. The van der Waals surface area contributed by atoms with Crippen LogP contribution in [0.1, 0.15) is 26.7 Å². The SMILES string of the molecule is CC1CC(OC(=O)C2CNC(=O)CN2)CC(C)O1. The third-order valence-electron chi connectivity index (χ3n) is 3.23. The highest BCUT2D eigenvalue weighted by Gasteiger charge is 2.31. The largest absolute Gasteiger partial charge is 0.461 e. The van der Waals surface area contributed by atoms with E-state index in [1.54, 1.807) is 0 Å². The van der Waals surface area contributed by atoms with Gasteiger partial charge in [0.25, 0.3) is 0 Å². The van der Waals surface area contributed by atoms with Gasteiger partial charge in [-0.1, -0.05) is 0 Å². The van der Waals surface area contributed by atoms with E-state index in [2.05, 4.69) is 10.6 Å². The lowest BCUT2D eigenvalue weighted by molar-refractivity contribution is -0.162. The van der Waals surface area contributed by atoms with Gasteiger partial charge in [-0.15, -0.1) is 0 Å². The van der Waals surface area contributed by atoms with Crippen LogP contribution in [0, 0.1) is 0 Å². The Balaban J connectivity index is 1.81. The Bertz CT molecular complexity index is 314. The fraction of sp³-hybridized carbons (Fsp3) is 0.833. The number of ether oxygens (including phenoxy) is 2.